The first-order chi connectivity index (χ1) is 6.70. The molecule has 0 aliphatic rings. The lowest BCUT2D eigenvalue weighted by Gasteiger charge is -2.01. The Bertz CT molecular complexity index is 323. The third kappa shape index (κ3) is 3.44. The normalized spacial score (nSPS) is 12.6. The molecule has 0 radical (unpaired) electrons. The van der Waals surface area contributed by atoms with Crippen LogP contribution < -0.4 is 5.73 Å². The highest BCUT2D eigenvalue weighted by molar-refractivity contribution is 5.75. The molecule has 2 N–H and O–H groups in total. The van der Waals surface area contributed by atoms with E-state index >= 15 is 0 Å². The molecule has 2 heteroatoms. The Labute approximate surface area is 85.2 Å². The highest BCUT2D eigenvalue weighted by Crippen LogP contribution is 2.08. The lowest BCUT2D eigenvalue weighted by Crippen LogP contribution is -2.04. The lowest BCUT2D eigenvalue weighted by molar-refractivity contribution is 0.759. The van der Waals surface area contributed by atoms with Crippen LogP contribution in [-0.4, -0.2) is 6.21 Å². The van der Waals surface area contributed by atoms with Crippen molar-refractivity contribution in [2.75, 3.05) is 0 Å². The lowest BCUT2D eigenvalue weighted by atomic mass is 10.1. The fourth-order valence-corrected chi connectivity index (χ4v) is 0.916. The third-order valence-corrected chi connectivity index (χ3v) is 1.91. The van der Waals surface area contributed by atoms with Gasteiger partial charge in [-0.2, -0.15) is 0 Å². The molecule has 1 aromatic carbocycles. The Hall–Kier alpha value is -1.57. The highest BCUT2D eigenvalue weighted by Gasteiger charge is 1.93. The molecule has 0 heterocycles. The van der Waals surface area contributed by atoms with Gasteiger partial charge in [0.25, 0.3) is 0 Å². The first kappa shape index (κ1) is 10.5. The zero-order valence-corrected chi connectivity index (χ0v) is 8.64. The molecule has 0 aliphatic heterocycles. The standard InChI is InChI=1S/C12H16N2/c1-10(2)12(13)8-9-14-11-6-4-3-5-7-11/h3-10H,13H2,1-2H3/b12-8-,14-9?. The molecular weight excluding hydrogens is 172 g/mol. The predicted molar refractivity (Wildman–Crippen MR) is 61.7 cm³/mol. The van der Waals surface area contributed by atoms with E-state index in [2.05, 4.69) is 18.8 Å². The minimum Gasteiger partial charge on any atom is -0.402 e. The number of nitrogens with two attached hydrogens (primary N) is 1. The Morgan fingerprint density at radius 1 is 1.29 bits per heavy atom. The number of hydrogen-bond donors (Lipinski definition) is 1. The molecule has 0 atom stereocenters. The number of benzene rings is 1. The topological polar surface area (TPSA) is 38.4 Å². The van der Waals surface area contributed by atoms with Gasteiger partial charge in [0.05, 0.1) is 5.69 Å². The number of rotatable bonds is 3. The zero-order chi connectivity index (χ0) is 10.4. The number of aliphatic imine (C=N–C) groups is 1. The van der Waals surface area contributed by atoms with Crippen molar-refractivity contribution >= 4 is 11.9 Å². The monoisotopic (exact) mass is 188 g/mol. The van der Waals surface area contributed by atoms with Crippen LogP contribution in [0.4, 0.5) is 5.69 Å². The average molecular weight is 188 g/mol. The second-order valence-corrected chi connectivity index (χ2v) is 3.44. The summed E-state index contributed by atoms with van der Waals surface area (Å²) >= 11 is 0. The van der Waals surface area contributed by atoms with Gasteiger partial charge < -0.3 is 5.73 Å². The summed E-state index contributed by atoms with van der Waals surface area (Å²) in [6, 6.07) is 9.80. The van der Waals surface area contributed by atoms with Crippen molar-refractivity contribution in [1.29, 1.82) is 0 Å². The smallest absolute Gasteiger partial charge is 0.0629 e. The van der Waals surface area contributed by atoms with Gasteiger partial charge in [-0.25, -0.2) is 0 Å². The van der Waals surface area contributed by atoms with Crippen molar-refractivity contribution in [2.45, 2.75) is 13.8 Å². The fourth-order valence-electron chi connectivity index (χ4n) is 0.916. The van der Waals surface area contributed by atoms with Crippen LogP contribution in [0.1, 0.15) is 13.8 Å². The second kappa shape index (κ2) is 5.22. The molecule has 0 amide bonds. The summed E-state index contributed by atoms with van der Waals surface area (Å²) in [5.41, 5.74) is 7.55. The van der Waals surface area contributed by atoms with Gasteiger partial charge in [-0.3, -0.25) is 4.99 Å². The molecule has 74 valence electrons. The summed E-state index contributed by atoms with van der Waals surface area (Å²) in [4.78, 5) is 4.25. The van der Waals surface area contributed by atoms with Gasteiger partial charge in [-0.05, 0) is 24.1 Å². The third-order valence-electron chi connectivity index (χ3n) is 1.91. The van der Waals surface area contributed by atoms with Crippen molar-refractivity contribution in [3.05, 3.63) is 42.1 Å². The van der Waals surface area contributed by atoms with Gasteiger partial charge in [0.15, 0.2) is 0 Å². The summed E-state index contributed by atoms with van der Waals surface area (Å²) in [6.45, 7) is 4.12. The van der Waals surface area contributed by atoms with Crippen molar-refractivity contribution in [2.24, 2.45) is 16.6 Å². The SMILES string of the molecule is CC(C)/C(N)=C/C=Nc1ccccc1. The van der Waals surface area contributed by atoms with Gasteiger partial charge in [0.1, 0.15) is 0 Å². The average Bonchev–Trinajstić information content (AvgIpc) is 2.19. The largest absolute Gasteiger partial charge is 0.402 e. The minimum absolute atomic E-state index is 0.372. The fraction of sp³-hybridized carbons (Fsp3) is 0.250. The summed E-state index contributed by atoms with van der Waals surface area (Å²) in [5.74, 6) is 0.372. The van der Waals surface area contributed by atoms with Crippen LogP contribution in [0.3, 0.4) is 0 Å². The van der Waals surface area contributed by atoms with E-state index in [0.717, 1.165) is 11.4 Å². The molecule has 0 aromatic heterocycles. The summed E-state index contributed by atoms with van der Waals surface area (Å²) in [7, 11) is 0. The quantitative estimate of drug-likeness (QED) is 0.728. The van der Waals surface area contributed by atoms with Crippen LogP contribution in [0, 0.1) is 5.92 Å². The second-order valence-electron chi connectivity index (χ2n) is 3.44. The summed E-state index contributed by atoms with van der Waals surface area (Å²) in [6.07, 6.45) is 3.59. The van der Waals surface area contributed by atoms with E-state index in [4.69, 9.17) is 5.73 Å². The number of nitrogens with zero attached hydrogens (tertiary/aromatic N) is 1. The maximum Gasteiger partial charge on any atom is 0.0629 e. The molecule has 0 saturated carbocycles. The Kier molecular flexibility index (Phi) is 3.92. The zero-order valence-electron chi connectivity index (χ0n) is 8.64. The molecule has 2 nitrogen and oxygen atoms in total. The van der Waals surface area contributed by atoms with E-state index in [-0.39, 0.29) is 0 Å². The molecule has 0 bridgehead atoms. The van der Waals surface area contributed by atoms with E-state index in [1.54, 1.807) is 6.21 Å². The van der Waals surface area contributed by atoms with Crippen LogP contribution in [0.5, 0.6) is 0 Å². The molecular formula is C12H16N2. The molecule has 0 aliphatic carbocycles. The van der Waals surface area contributed by atoms with Crippen LogP contribution in [0.15, 0.2) is 47.1 Å². The Morgan fingerprint density at radius 3 is 2.50 bits per heavy atom. The van der Waals surface area contributed by atoms with Crippen molar-refractivity contribution in [3.8, 4) is 0 Å². The number of allylic oxidation sites excluding steroid dienone is 2. The van der Waals surface area contributed by atoms with Crippen LogP contribution in [0.25, 0.3) is 0 Å². The maximum atomic E-state index is 5.75. The Balaban J connectivity index is 2.62. The first-order valence-electron chi connectivity index (χ1n) is 4.75. The van der Waals surface area contributed by atoms with Gasteiger partial charge >= 0.3 is 0 Å². The predicted octanol–water partition coefficient (Wildman–Crippen LogP) is 2.89. The van der Waals surface area contributed by atoms with Crippen LogP contribution >= 0.6 is 0 Å². The van der Waals surface area contributed by atoms with Gasteiger partial charge in [-0.15, -0.1) is 0 Å². The van der Waals surface area contributed by atoms with Gasteiger partial charge in [0, 0.05) is 11.9 Å². The summed E-state index contributed by atoms with van der Waals surface area (Å²) < 4.78 is 0. The highest BCUT2D eigenvalue weighted by atomic mass is 14.7. The van der Waals surface area contributed by atoms with E-state index < -0.39 is 0 Å². The number of hydrogen-bond acceptors (Lipinski definition) is 2. The molecule has 1 aromatic rings. The van der Waals surface area contributed by atoms with E-state index in [1.807, 2.05) is 36.4 Å². The number of para-hydroxylation sites is 1. The summed E-state index contributed by atoms with van der Waals surface area (Å²) in [5, 5.41) is 0. The Morgan fingerprint density at radius 2 is 1.93 bits per heavy atom. The van der Waals surface area contributed by atoms with Crippen molar-refractivity contribution in [3.63, 3.8) is 0 Å². The molecule has 0 fully saturated rings. The van der Waals surface area contributed by atoms with Crippen molar-refractivity contribution in [1.82, 2.24) is 0 Å². The molecule has 14 heavy (non-hydrogen) atoms. The minimum atomic E-state index is 0.372. The van der Waals surface area contributed by atoms with Crippen LogP contribution in [-0.2, 0) is 0 Å². The van der Waals surface area contributed by atoms with E-state index in [9.17, 15) is 0 Å². The molecule has 0 spiro atoms. The van der Waals surface area contributed by atoms with Gasteiger partial charge in [0.2, 0.25) is 0 Å². The maximum absolute atomic E-state index is 5.75. The van der Waals surface area contributed by atoms with E-state index in [1.165, 1.54) is 0 Å². The first-order valence-corrected chi connectivity index (χ1v) is 4.75. The van der Waals surface area contributed by atoms with Gasteiger partial charge in [-0.1, -0.05) is 32.0 Å². The molecule has 0 saturated heterocycles. The van der Waals surface area contributed by atoms with Crippen LogP contribution in [0.2, 0.25) is 0 Å². The molecule has 0 unspecified atom stereocenters. The van der Waals surface area contributed by atoms with E-state index in [0.29, 0.717) is 5.92 Å². The molecule has 1 rings (SSSR count). The van der Waals surface area contributed by atoms with Crippen molar-refractivity contribution < 1.29 is 0 Å².